The van der Waals surface area contributed by atoms with Crippen molar-refractivity contribution < 1.29 is 17.9 Å². The first-order valence-corrected chi connectivity index (χ1v) is 10.3. The molecule has 1 N–H and O–H groups in total. The minimum absolute atomic E-state index is 0.0173. The van der Waals surface area contributed by atoms with Gasteiger partial charge in [-0.25, -0.2) is 23.1 Å². The van der Waals surface area contributed by atoms with E-state index in [-0.39, 0.29) is 16.8 Å². The van der Waals surface area contributed by atoms with Crippen LogP contribution in [0.5, 0.6) is 5.75 Å². The Balaban J connectivity index is 1.85. The third-order valence-electron chi connectivity index (χ3n) is 3.92. The van der Waals surface area contributed by atoms with Gasteiger partial charge in [0.1, 0.15) is 5.75 Å². The average Bonchev–Trinajstić information content (AvgIpc) is 2.70. The molecule has 0 bridgehead atoms. The number of benzene rings is 2. The molecule has 3 rings (SSSR count). The molecule has 0 radical (unpaired) electrons. The Morgan fingerprint density at radius 1 is 1.00 bits per heavy atom. The monoisotopic (exact) mass is 412 g/mol. The summed E-state index contributed by atoms with van der Waals surface area (Å²) in [5.41, 5.74) is 1.18. The van der Waals surface area contributed by atoms with Gasteiger partial charge in [-0.05, 0) is 61.5 Å². The molecule has 150 valence electrons. The number of nitrogens with zero attached hydrogens (tertiary/aromatic N) is 3. The number of rotatable bonds is 7. The second-order valence-corrected chi connectivity index (χ2v) is 7.64. The fraction of sp³-hybridized carbons (Fsp3) is 0.150. The van der Waals surface area contributed by atoms with Gasteiger partial charge in [0, 0.05) is 30.7 Å². The number of anilines is 3. The van der Waals surface area contributed by atoms with Gasteiger partial charge in [-0.2, -0.15) is 0 Å². The number of sulfonamides is 1. The Bertz CT molecular complexity index is 1070. The van der Waals surface area contributed by atoms with E-state index in [0.29, 0.717) is 23.7 Å². The molecule has 1 heterocycles. The molecule has 29 heavy (non-hydrogen) atoms. The fourth-order valence-corrected chi connectivity index (χ4v) is 3.63. The van der Waals surface area contributed by atoms with Crippen LogP contribution in [0.2, 0.25) is 0 Å². The molecule has 0 spiro atoms. The molecule has 1 amide bonds. The highest BCUT2D eigenvalue weighted by atomic mass is 32.2. The number of amides is 1. The van der Waals surface area contributed by atoms with E-state index in [1.165, 1.54) is 36.4 Å². The lowest BCUT2D eigenvalue weighted by molar-refractivity contribution is -0.115. The summed E-state index contributed by atoms with van der Waals surface area (Å²) in [5, 5.41) is 0. The summed E-state index contributed by atoms with van der Waals surface area (Å²) in [6.45, 7) is 3.88. The van der Waals surface area contributed by atoms with E-state index in [2.05, 4.69) is 14.7 Å². The lowest BCUT2D eigenvalue weighted by atomic mass is 10.2. The molecule has 0 aliphatic carbocycles. The molecule has 0 aliphatic heterocycles. The molecule has 3 aromatic rings. The molecule has 0 unspecified atom stereocenters. The molecule has 0 fully saturated rings. The maximum Gasteiger partial charge on any atom is 0.264 e. The summed E-state index contributed by atoms with van der Waals surface area (Å²) in [7, 11) is -3.85. The van der Waals surface area contributed by atoms with E-state index in [4.69, 9.17) is 4.74 Å². The normalized spacial score (nSPS) is 11.0. The van der Waals surface area contributed by atoms with Crippen molar-refractivity contribution in [3.63, 3.8) is 0 Å². The predicted octanol–water partition coefficient (Wildman–Crippen LogP) is 3.36. The summed E-state index contributed by atoms with van der Waals surface area (Å²) in [5.74, 6) is 0.479. The predicted molar refractivity (Wildman–Crippen MR) is 110 cm³/mol. The van der Waals surface area contributed by atoms with Crippen LogP contribution in [0.1, 0.15) is 13.8 Å². The molecule has 0 atom stereocenters. The molecule has 1 aromatic heterocycles. The highest BCUT2D eigenvalue weighted by Crippen LogP contribution is 2.28. The Morgan fingerprint density at radius 2 is 1.55 bits per heavy atom. The second kappa shape index (κ2) is 8.70. The highest BCUT2D eigenvalue weighted by molar-refractivity contribution is 7.92. The van der Waals surface area contributed by atoms with Crippen molar-refractivity contribution in [3.8, 4) is 5.75 Å². The lowest BCUT2D eigenvalue weighted by Crippen LogP contribution is -2.22. The zero-order valence-electron chi connectivity index (χ0n) is 15.9. The van der Waals surface area contributed by atoms with Crippen LogP contribution < -0.4 is 14.4 Å². The standard InChI is InChI=1S/C20H20N4O4S/c1-3-28-18-9-5-16(6-10-18)24(15(2)25)17-7-11-19(12-8-17)29(26,27)23-20-21-13-4-14-22-20/h4-14H,3H2,1-2H3,(H,21,22,23). The largest absolute Gasteiger partial charge is 0.494 e. The number of hydrogen-bond donors (Lipinski definition) is 1. The Morgan fingerprint density at radius 3 is 2.07 bits per heavy atom. The lowest BCUT2D eigenvalue weighted by Gasteiger charge is -2.22. The van der Waals surface area contributed by atoms with Crippen molar-refractivity contribution in [2.45, 2.75) is 18.7 Å². The van der Waals surface area contributed by atoms with Crippen LogP contribution in [0, 0.1) is 0 Å². The third kappa shape index (κ3) is 4.88. The zero-order valence-corrected chi connectivity index (χ0v) is 16.8. The molecule has 9 heteroatoms. The number of carbonyl (C=O) groups is 1. The van der Waals surface area contributed by atoms with Gasteiger partial charge >= 0.3 is 0 Å². The summed E-state index contributed by atoms with van der Waals surface area (Å²) in [6, 6.07) is 14.7. The van der Waals surface area contributed by atoms with Gasteiger partial charge in [0.2, 0.25) is 11.9 Å². The third-order valence-corrected chi connectivity index (χ3v) is 5.26. The number of ether oxygens (including phenoxy) is 1. The summed E-state index contributed by atoms with van der Waals surface area (Å²) < 4.78 is 32.7. The number of hydrogen-bond acceptors (Lipinski definition) is 6. The number of aromatic nitrogens is 2. The van der Waals surface area contributed by atoms with Gasteiger partial charge < -0.3 is 4.74 Å². The quantitative estimate of drug-likeness (QED) is 0.638. The van der Waals surface area contributed by atoms with Crippen LogP contribution in [0.3, 0.4) is 0 Å². The molecule has 0 saturated carbocycles. The van der Waals surface area contributed by atoms with E-state index in [0.717, 1.165) is 0 Å². The van der Waals surface area contributed by atoms with Crippen LogP contribution in [0.4, 0.5) is 17.3 Å². The molecule has 8 nitrogen and oxygen atoms in total. The van der Waals surface area contributed by atoms with Crippen LogP contribution in [0.15, 0.2) is 71.9 Å². The van der Waals surface area contributed by atoms with Gasteiger partial charge in [-0.15, -0.1) is 0 Å². The summed E-state index contributed by atoms with van der Waals surface area (Å²) >= 11 is 0. The van der Waals surface area contributed by atoms with E-state index in [9.17, 15) is 13.2 Å². The maximum absolute atomic E-state index is 12.5. The van der Waals surface area contributed by atoms with Crippen LogP contribution >= 0.6 is 0 Å². The van der Waals surface area contributed by atoms with E-state index >= 15 is 0 Å². The van der Waals surface area contributed by atoms with Crippen molar-refractivity contribution in [3.05, 3.63) is 67.0 Å². The Kier molecular flexibility index (Phi) is 6.08. The molecular formula is C20H20N4O4S. The van der Waals surface area contributed by atoms with Crippen LogP contribution in [-0.4, -0.2) is 30.9 Å². The first-order chi connectivity index (χ1) is 13.9. The Labute approximate surface area is 169 Å². The zero-order chi connectivity index (χ0) is 20.9. The molecular weight excluding hydrogens is 392 g/mol. The van der Waals surface area contributed by atoms with Crippen LogP contribution in [0.25, 0.3) is 0 Å². The first-order valence-electron chi connectivity index (χ1n) is 8.84. The van der Waals surface area contributed by atoms with Gasteiger partial charge in [0.05, 0.1) is 11.5 Å². The number of carbonyl (C=O) groups excluding carboxylic acids is 1. The van der Waals surface area contributed by atoms with E-state index in [1.807, 2.05) is 6.92 Å². The topological polar surface area (TPSA) is 101 Å². The average molecular weight is 412 g/mol. The van der Waals surface area contributed by atoms with E-state index in [1.54, 1.807) is 42.5 Å². The van der Waals surface area contributed by atoms with Gasteiger partial charge in [0.25, 0.3) is 10.0 Å². The molecule has 0 saturated heterocycles. The number of nitrogens with one attached hydrogen (secondary N) is 1. The van der Waals surface area contributed by atoms with Gasteiger partial charge in [-0.1, -0.05) is 0 Å². The molecule has 2 aromatic carbocycles. The van der Waals surface area contributed by atoms with Gasteiger partial charge in [-0.3, -0.25) is 9.69 Å². The van der Waals surface area contributed by atoms with Crippen molar-refractivity contribution >= 4 is 33.3 Å². The van der Waals surface area contributed by atoms with E-state index < -0.39 is 10.0 Å². The van der Waals surface area contributed by atoms with Crippen molar-refractivity contribution in [2.75, 3.05) is 16.2 Å². The van der Waals surface area contributed by atoms with Crippen LogP contribution in [-0.2, 0) is 14.8 Å². The minimum atomic E-state index is -3.85. The van der Waals surface area contributed by atoms with Crippen molar-refractivity contribution in [2.24, 2.45) is 0 Å². The highest BCUT2D eigenvalue weighted by Gasteiger charge is 2.18. The van der Waals surface area contributed by atoms with Crippen molar-refractivity contribution in [1.82, 2.24) is 9.97 Å². The minimum Gasteiger partial charge on any atom is -0.494 e. The van der Waals surface area contributed by atoms with Crippen molar-refractivity contribution in [1.29, 1.82) is 0 Å². The second-order valence-electron chi connectivity index (χ2n) is 5.95. The van der Waals surface area contributed by atoms with Gasteiger partial charge in [0.15, 0.2) is 0 Å². The maximum atomic E-state index is 12.5. The first kappa shape index (κ1) is 20.3. The summed E-state index contributed by atoms with van der Waals surface area (Å²) in [4.78, 5) is 21.5. The summed E-state index contributed by atoms with van der Waals surface area (Å²) in [6.07, 6.45) is 2.88. The SMILES string of the molecule is CCOc1ccc(N(C(C)=O)c2ccc(S(=O)(=O)Nc3ncccn3)cc2)cc1. The Hall–Kier alpha value is -3.46. The fourth-order valence-electron chi connectivity index (χ4n) is 2.68. The smallest absolute Gasteiger partial charge is 0.264 e. The molecule has 0 aliphatic rings.